The highest BCUT2D eigenvalue weighted by Crippen LogP contribution is 2.29. The molecule has 3 heteroatoms. The lowest BCUT2D eigenvalue weighted by Crippen LogP contribution is -2.23. The van der Waals surface area contributed by atoms with E-state index in [-0.39, 0.29) is 11.9 Å². The first-order valence-corrected chi connectivity index (χ1v) is 7.57. The maximum Gasteiger partial charge on any atom is 0.128 e. The van der Waals surface area contributed by atoms with Gasteiger partial charge in [0.25, 0.3) is 0 Å². The molecule has 2 aromatic rings. The Morgan fingerprint density at radius 3 is 2.50 bits per heavy atom. The zero-order valence-electron chi connectivity index (χ0n) is 12.0. The molecule has 0 bridgehead atoms. The van der Waals surface area contributed by atoms with Gasteiger partial charge in [0.2, 0.25) is 0 Å². The highest BCUT2D eigenvalue weighted by molar-refractivity contribution is 9.10. The van der Waals surface area contributed by atoms with Gasteiger partial charge >= 0.3 is 0 Å². The maximum absolute atomic E-state index is 14.2. The van der Waals surface area contributed by atoms with Crippen LogP contribution in [-0.4, -0.2) is 6.54 Å². The average Bonchev–Trinajstić information content (AvgIpc) is 2.40. The predicted octanol–water partition coefficient (Wildman–Crippen LogP) is 4.90. The average molecular weight is 336 g/mol. The van der Waals surface area contributed by atoms with Crippen molar-refractivity contribution in [2.75, 3.05) is 6.54 Å². The van der Waals surface area contributed by atoms with E-state index in [1.165, 1.54) is 17.2 Å². The van der Waals surface area contributed by atoms with Crippen LogP contribution in [0.25, 0.3) is 0 Å². The number of nitrogens with one attached hydrogen (secondary N) is 1. The number of halogens is 2. The van der Waals surface area contributed by atoms with Crippen LogP contribution in [0.5, 0.6) is 0 Å². The van der Waals surface area contributed by atoms with E-state index >= 15 is 0 Å². The molecule has 0 heterocycles. The van der Waals surface area contributed by atoms with Crippen molar-refractivity contribution < 1.29 is 4.39 Å². The van der Waals surface area contributed by atoms with Crippen molar-refractivity contribution in [3.8, 4) is 0 Å². The van der Waals surface area contributed by atoms with Gasteiger partial charge in [-0.05, 0) is 49.7 Å². The fourth-order valence-electron chi connectivity index (χ4n) is 2.48. The van der Waals surface area contributed by atoms with Gasteiger partial charge in [-0.2, -0.15) is 0 Å². The van der Waals surface area contributed by atoms with Crippen molar-refractivity contribution in [1.82, 2.24) is 5.32 Å². The van der Waals surface area contributed by atoms with E-state index in [0.29, 0.717) is 5.56 Å². The lowest BCUT2D eigenvalue weighted by Gasteiger charge is -2.22. The third-order valence-electron chi connectivity index (χ3n) is 3.41. The van der Waals surface area contributed by atoms with Crippen molar-refractivity contribution in [3.05, 3.63) is 68.9 Å². The van der Waals surface area contributed by atoms with Gasteiger partial charge in [0, 0.05) is 10.0 Å². The first kappa shape index (κ1) is 15.2. The fourth-order valence-corrected chi connectivity index (χ4v) is 2.86. The van der Waals surface area contributed by atoms with Crippen LogP contribution in [-0.2, 0) is 0 Å². The Balaban J connectivity index is 2.53. The molecule has 1 atom stereocenters. The second-order valence-corrected chi connectivity index (χ2v) is 5.93. The summed E-state index contributed by atoms with van der Waals surface area (Å²) in [5.41, 5.74) is 4.19. The Bertz CT molecular complexity index is 610. The minimum atomic E-state index is -0.181. The molecule has 2 aromatic carbocycles. The zero-order chi connectivity index (χ0) is 14.7. The zero-order valence-corrected chi connectivity index (χ0v) is 13.6. The molecule has 0 saturated heterocycles. The standard InChI is InChI=1S/C17H19BrFN/c1-4-20-17(14-7-5-11(2)9-12(14)3)15-10-13(18)6-8-16(15)19/h5-10,17,20H,4H2,1-3H3. The molecule has 1 nitrogen and oxygen atoms in total. The Labute approximate surface area is 128 Å². The summed E-state index contributed by atoms with van der Waals surface area (Å²) in [6.45, 7) is 6.96. The highest BCUT2D eigenvalue weighted by atomic mass is 79.9. The second-order valence-electron chi connectivity index (χ2n) is 5.02. The van der Waals surface area contributed by atoms with Crippen LogP contribution in [0.2, 0.25) is 0 Å². The molecule has 0 amide bonds. The van der Waals surface area contributed by atoms with E-state index in [9.17, 15) is 4.39 Å². The number of aryl methyl sites for hydroxylation is 2. The summed E-state index contributed by atoms with van der Waals surface area (Å²) in [6, 6.07) is 11.2. The molecule has 0 aromatic heterocycles. The number of hydrogen-bond donors (Lipinski definition) is 1. The molecule has 1 unspecified atom stereocenters. The van der Waals surface area contributed by atoms with Gasteiger partial charge in [0.1, 0.15) is 5.82 Å². The number of benzene rings is 2. The van der Waals surface area contributed by atoms with Crippen molar-refractivity contribution >= 4 is 15.9 Å². The van der Waals surface area contributed by atoms with Crippen molar-refractivity contribution in [2.24, 2.45) is 0 Å². The molecule has 0 aliphatic rings. The van der Waals surface area contributed by atoms with Gasteiger partial charge in [-0.15, -0.1) is 0 Å². The summed E-state index contributed by atoms with van der Waals surface area (Å²) in [4.78, 5) is 0. The van der Waals surface area contributed by atoms with Gasteiger partial charge in [-0.3, -0.25) is 0 Å². The Morgan fingerprint density at radius 1 is 1.10 bits per heavy atom. The molecule has 0 spiro atoms. The maximum atomic E-state index is 14.2. The Kier molecular flexibility index (Phi) is 4.95. The quantitative estimate of drug-likeness (QED) is 0.837. The molecular weight excluding hydrogens is 317 g/mol. The highest BCUT2D eigenvalue weighted by Gasteiger charge is 2.19. The summed E-state index contributed by atoms with van der Waals surface area (Å²) in [5.74, 6) is -0.181. The molecular formula is C17H19BrFN. The van der Waals surface area contributed by atoms with Gasteiger partial charge in [-0.1, -0.05) is 46.6 Å². The Morgan fingerprint density at radius 2 is 1.85 bits per heavy atom. The van der Waals surface area contributed by atoms with Crippen LogP contribution in [0.4, 0.5) is 4.39 Å². The van der Waals surface area contributed by atoms with Crippen LogP contribution < -0.4 is 5.32 Å². The third kappa shape index (κ3) is 3.28. The molecule has 0 fully saturated rings. The predicted molar refractivity (Wildman–Crippen MR) is 85.5 cm³/mol. The molecule has 0 aliphatic heterocycles. The fraction of sp³-hybridized carbons (Fsp3) is 0.294. The molecule has 1 N–H and O–H groups in total. The van der Waals surface area contributed by atoms with E-state index in [1.54, 1.807) is 6.07 Å². The van der Waals surface area contributed by atoms with Crippen LogP contribution in [0, 0.1) is 19.7 Å². The van der Waals surface area contributed by atoms with Crippen LogP contribution in [0.3, 0.4) is 0 Å². The third-order valence-corrected chi connectivity index (χ3v) is 3.91. The summed E-state index contributed by atoms with van der Waals surface area (Å²) in [7, 11) is 0. The van der Waals surface area contributed by atoms with Gasteiger partial charge in [-0.25, -0.2) is 4.39 Å². The van der Waals surface area contributed by atoms with Crippen molar-refractivity contribution in [2.45, 2.75) is 26.8 Å². The molecule has 0 aliphatic carbocycles. The summed E-state index contributed by atoms with van der Waals surface area (Å²) in [5, 5.41) is 3.38. The summed E-state index contributed by atoms with van der Waals surface area (Å²) < 4.78 is 15.1. The van der Waals surface area contributed by atoms with E-state index in [0.717, 1.165) is 16.6 Å². The molecule has 0 radical (unpaired) electrons. The second kappa shape index (κ2) is 6.51. The number of rotatable bonds is 4. The minimum absolute atomic E-state index is 0.127. The largest absolute Gasteiger partial charge is 0.306 e. The lowest BCUT2D eigenvalue weighted by molar-refractivity contribution is 0.557. The first-order valence-electron chi connectivity index (χ1n) is 6.78. The van der Waals surface area contributed by atoms with E-state index < -0.39 is 0 Å². The van der Waals surface area contributed by atoms with Crippen molar-refractivity contribution in [1.29, 1.82) is 0 Å². The summed E-state index contributed by atoms with van der Waals surface area (Å²) in [6.07, 6.45) is 0. The Hall–Kier alpha value is -1.19. The SMILES string of the molecule is CCNC(c1ccc(C)cc1C)c1cc(Br)ccc1F. The van der Waals surface area contributed by atoms with Crippen molar-refractivity contribution in [3.63, 3.8) is 0 Å². The molecule has 106 valence electrons. The van der Waals surface area contributed by atoms with Crippen LogP contribution >= 0.6 is 15.9 Å². The van der Waals surface area contributed by atoms with Crippen LogP contribution in [0.15, 0.2) is 40.9 Å². The lowest BCUT2D eigenvalue weighted by atomic mass is 9.93. The summed E-state index contributed by atoms with van der Waals surface area (Å²) >= 11 is 3.42. The van der Waals surface area contributed by atoms with Gasteiger partial charge < -0.3 is 5.32 Å². The molecule has 0 saturated carbocycles. The van der Waals surface area contributed by atoms with Crippen LogP contribution in [0.1, 0.15) is 35.2 Å². The smallest absolute Gasteiger partial charge is 0.128 e. The van der Waals surface area contributed by atoms with E-state index in [2.05, 4.69) is 53.3 Å². The van der Waals surface area contributed by atoms with Gasteiger partial charge in [0.15, 0.2) is 0 Å². The van der Waals surface area contributed by atoms with E-state index in [1.807, 2.05) is 13.0 Å². The minimum Gasteiger partial charge on any atom is -0.306 e. The number of hydrogen-bond acceptors (Lipinski definition) is 1. The molecule has 2 rings (SSSR count). The van der Waals surface area contributed by atoms with Gasteiger partial charge in [0.05, 0.1) is 6.04 Å². The normalized spacial score (nSPS) is 12.4. The van der Waals surface area contributed by atoms with E-state index in [4.69, 9.17) is 0 Å². The first-order chi connectivity index (χ1) is 9.52. The molecule has 20 heavy (non-hydrogen) atoms. The topological polar surface area (TPSA) is 12.0 Å². The monoisotopic (exact) mass is 335 g/mol.